The summed E-state index contributed by atoms with van der Waals surface area (Å²) in [7, 11) is 1.62. The Hall–Kier alpha value is -2.79. The van der Waals surface area contributed by atoms with Crippen LogP contribution in [0.4, 0.5) is 5.69 Å². The van der Waals surface area contributed by atoms with E-state index in [1.165, 1.54) is 5.52 Å². The van der Waals surface area contributed by atoms with Crippen LogP contribution in [0.3, 0.4) is 0 Å². The Kier molecular flexibility index (Phi) is 5.92. The van der Waals surface area contributed by atoms with Crippen LogP contribution in [-0.4, -0.2) is 30.8 Å². The first-order valence-electron chi connectivity index (χ1n) is 8.84. The van der Waals surface area contributed by atoms with Crippen molar-refractivity contribution < 1.29 is 14.3 Å². The Bertz CT molecular complexity index is 886. The van der Waals surface area contributed by atoms with Gasteiger partial charge < -0.3 is 19.4 Å². The van der Waals surface area contributed by atoms with Crippen LogP contribution in [0.1, 0.15) is 23.7 Å². The molecule has 0 atom stereocenters. The monoisotopic (exact) mass is 352 g/mol. The number of fused-ring (bicyclic) bond motifs is 1. The number of aromatic nitrogens is 1. The molecule has 0 radical (unpaired) electrons. The number of carbonyl (C=O) groups excluding carboxylic acids is 1. The van der Waals surface area contributed by atoms with Crippen molar-refractivity contribution in [2.75, 3.05) is 25.6 Å². The van der Waals surface area contributed by atoms with Crippen molar-refractivity contribution in [1.82, 2.24) is 4.57 Å². The molecule has 26 heavy (non-hydrogen) atoms. The molecule has 136 valence electrons. The number of carbonyl (C=O) groups is 1. The van der Waals surface area contributed by atoms with E-state index in [9.17, 15) is 4.79 Å². The number of hydrogen-bond donors (Lipinski definition) is 1. The molecule has 1 amide bonds. The second-order valence-electron chi connectivity index (χ2n) is 6.07. The predicted octanol–water partition coefficient (Wildman–Crippen LogP) is 4.33. The lowest BCUT2D eigenvalue weighted by atomic mass is 10.1. The summed E-state index contributed by atoms with van der Waals surface area (Å²) in [6.45, 7) is 4.02. The van der Waals surface area contributed by atoms with Crippen LogP contribution in [0.25, 0.3) is 10.9 Å². The summed E-state index contributed by atoms with van der Waals surface area (Å²) >= 11 is 0. The maximum absolute atomic E-state index is 12.7. The van der Waals surface area contributed by atoms with Crippen molar-refractivity contribution in [3.63, 3.8) is 0 Å². The number of nitrogens with zero attached hydrogens (tertiary/aromatic N) is 1. The van der Waals surface area contributed by atoms with E-state index in [4.69, 9.17) is 9.47 Å². The van der Waals surface area contributed by atoms with Crippen molar-refractivity contribution in [2.45, 2.75) is 19.9 Å². The van der Waals surface area contributed by atoms with Crippen LogP contribution in [0.15, 0.2) is 54.7 Å². The minimum Gasteiger partial charge on any atom is -0.490 e. The standard InChI is InChI=1S/C21H24N2O3/c1-3-11-23-12-10-16-15-17(8-9-19(16)23)22-21(24)18-6-4-5-7-20(18)26-14-13-25-2/h4-10,12,15H,3,11,13-14H2,1-2H3,(H,22,24). The smallest absolute Gasteiger partial charge is 0.259 e. The van der Waals surface area contributed by atoms with Gasteiger partial charge >= 0.3 is 0 Å². The highest BCUT2D eigenvalue weighted by Crippen LogP contribution is 2.23. The lowest BCUT2D eigenvalue weighted by molar-refractivity contribution is 0.101. The van der Waals surface area contributed by atoms with Crippen molar-refractivity contribution in [2.24, 2.45) is 0 Å². The van der Waals surface area contributed by atoms with Gasteiger partial charge in [0.05, 0.1) is 12.2 Å². The van der Waals surface area contributed by atoms with Crippen LogP contribution in [0.5, 0.6) is 5.75 Å². The van der Waals surface area contributed by atoms with Crippen LogP contribution >= 0.6 is 0 Å². The first-order valence-corrected chi connectivity index (χ1v) is 8.84. The second kappa shape index (κ2) is 8.54. The maximum atomic E-state index is 12.7. The van der Waals surface area contributed by atoms with Gasteiger partial charge in [-0.05, 0) is 42.8 Å². The Morgan fingerprint density at radius 3 is 2.77 bits per heavy atom. The Labute approximate surface area is 153 Å². The van der Waals surface area contributed by atoms with Gasteiger partial charge in [0, 0.05) is 36.4 Å². The number of methoxy groups -OCH3 is 1. The Morgan fingerprint density at radius 1 is 1.12 bits per heavy atom. The third-order valence-corrected chi connectivity index (χ3v) is 4.17. The number of amides is 1. The minimum absolute atomic E-state index is 0.189. The molecular weight excluding hydrogens is 328 g/mol. The maximum Gasteiger partial charge on any atom is 0.259 e. The molecule has 0 bridgehead atoms. The van der Waals surface area contributed by atoms with E-state index in [1.807, 2.05) is 30.3 Å². The predicted molar refractivity (Wildman–Crippen MR) is 104 cm³/mol. The highest BCUT2D eigenvalue weighted by molar-refractivity contribution is 6.06. The molecule has 3 rings (SSSR count). The first-order chi connectivity index (χ1) is 12.7. The van der Waals surface area contributed by atoms with E-state index < -0.39 is 0 Å². The molecule has 0 spiro atoms. The third-order valence-electron chi connectivity index (χ3n) is 4.17. The van der Waals surface area contributed by atoms with E-state index in [1.54, 1.807) is 19.2 Å². The zero-order chi connectivity index (χ0) is 18.4. The fraction of sp³-hybridized carbons (Fsp3) is 0.286. The molecule has 2 aromatic carbocycles. The fourth-order valence-electron chi connectivity index (χ4n) is 2.93. The summed E-state index contributed by atoms with van der Waals surface area (Å²) in [6.07, 6.45) is 3.17. The molecule has 0 aliphatic rings. The van der Waals surface area contributed by atoms with Gasteiger partial charge in [-0.1, -0.05) is 19.1 Å². The Morgan fingerprint density at radius 2 is 1.96 bits per heavy atom. The average Bonchev–Trinajstić information content (AvgIpc) is 3.05. The quantitative estimate of drug-likeness (QED) is 0.614. The number of rotatable bonds is 8. The SMILES string of the molecule is CCCn1ccc2cc(NC(=O)c3ccccc3OCCOC)ccc21. The molecule has 0 aliphatic heterocycles. The number of aryl methyl sites for hydroxylation is 1. The molecule has 5 nitrogen and oxygen atoms in total. The summed E-state index contributed by atoms with van der Waals surface area (Å²) in [6, 6.07) is 15.3. The zero-order valence-electron chi connectivity index (χ0n) is 15.2. The fourth-order valence-corrected chi connectivity index (χ4v) is 2.93. The Balaban J connectivity index is 1.76. The molecule has 0 saturated heterocycles. The van der Waals surface area contributed by atoms with Gasteiger partial charge in [-0.15, -0.1) is 0 Å². The van der Waals surface area contributed by atoms with Gasteiger partial charge in [0.2, 0.25) is 0 Å². The number of anilines is 1. The van der Waals surface area contributed by atoms with Crippen molar-refractivity contribution in [3.8, 4) is 5.75 Å². The molecule has 1 N–H and O–H groups in total. The summed E-state index contributed by atoms with van der Waals surface area (Å²) in [5, 5.41) is 4.07. The van der Waals surface area contributed by atoms with Crippen molar-refractivity contribution in [3.05, 3.63) is 60.3 Å². The number of para-hydroxylation sites is 1. The van der Waals surface area contributed by atoms with Crippen LogP contribution in [0, 0.1) is 0 Å². The molecule has 0 unspecified atom stereocenters. The highest BCUT2D eigenvalue weighted by atomic mass is 16.5. The van der Waals surface area contributed by atoms with Gasteiger partial charge in [-0.3, -0.25) is 4.79 Å². The third kappa shape index (κ3) is 4.06. The van der Waals surface area contributed by atoms with Crippen molar-refractivity contribution >= 4 is 22.5 Å². The molecular formula is C21H24N2O3. The van der Waals surface area contributed by atoms with Gasteiger partial charge in [-0.2, -0.15) is 0 Å². The van der Waals surface area contributed by atoms with Gasteiger partial charge in [0.25, 0.3) is 5.91 Å². The highest BCUT2D eigenvalue weighted by Gasteiger charge is 2.13. The van der Waals surface area contributed by atoms with Gasteiger partial charge in [-0.25, -0.2) is 0 Å². The molecule has 5 heteroatoms. The number of benzene rings is 2. The summed E-state index contributed by atoms with van der Waals surface area (Å²) in [5.74, 6) is 0.364. The molecule has 0 saturated carbocycles. The second-order valence-corrected chi connectivity index (χ2v) is 6.07. The largest absolute Gasteiger partial charge is 0.490 e. The summed E-state index contributed by atoms with van der Waals surface area (Å²) < 4.78 is 12.9. The van der Waals surface area contributed by atoms with E-state index in [0.717, 1.165) is 24.0 Å². The minimum atomic E-state index is -0.189. The topological polar surface area (TPSA) is 52.5 Å². The summed E-state index contributed by atoms with van der Waals surface area (Å²) in [4.78, 5) is 12.7. The molecule has 1 aromatic heterocycles. The van der Waals surface area contributed by atoms with Crippen LogP contribution in [0.2, 0.25) is 0 Å². The first kappa shape index (κ1) is 18.0. The van der Waals surface area contributed by atoms with E-state index >= 15 is 0 Å². The molecule has 1 heterocycles. The lowest BCUT2D eigenvalue weighted by Gasteiger charge is -2.12. The van der Waals surface area contributed by atoms with Gasteiger partial charge in [0.15, 0.2) is 0 Å². The van der Waals surface area contributed by atoms with Gasteiger partial charge in [0.1, 0.15) is 12.4 Å². The van der Waals surface area contributed by atoms with Crippen molar-refractivity contribution in [1.29, 1.82) is 0 Å². The molecule has 3 aromatic rings. The van der Waals surface area contributed by atoms with E-state index in [2.05, 4.69) is 29.1 Å². The molecule has 0 fully saturated rings. The van der Waals surface area contributed by atoms with Crippen LogP contribution < -0.4 is 10.1 Å². The number of nitrogens with one attached hydrogen (secondary N) is 1. The van der Waals surface area contributed by atoms with E-state index in [-0.39, 0.29) is 5.91 Å². The zero-order valence-corrected chi connectivity index (χ0v) is 15.2. The van der Waals surface area contributed by atoms with E-state index in [0.29, 0.717) is 24.5 Å². The lowest BCUT2D eigenvalue weighted by Crippen LogP contribution is -2.14. The normalized spacial score (nSPS) is 10.8. The summed E-state index contributed by atoms with van der Waals surface area (Å²) in [5.41, 5.74) is 2.45. The molecule has 0 aliphatic carbocycles. The van der Waals surface area contributed by atoms with Crippen LogP contribution in [-0.2, 0) is 11.3 Å². The number of hydrogen-bond acceptors (Lipinski definition) is 3. The number of ether oxygens (including phenoxy) is 2. The average molecular weight is 352 g/mol.